The lowest BCUT2D eigenvalue weighted by atomic mass is 10.5. The summed E-state index contributed by atoms with van der Waals surface area (Å²) in [7, 11) is 0. The van der Waals surface area contributed by atoms with Crippen LogP contribution in [0, 0.1) is 0 Å². The Bertz CT molecular complexity index is 458. The van der Waals surface area contributed by atoms with Gasteiger partial charge in [-0.2, -0.15) is 0 Å². The molecule has 15 heavy (non-hydrogen) atoms. The number of rotatable bonds is 3. The minimum atomic E-state index is 0.500. The summed E-state index contributed by atoms with van der Waals surface area (Å²) < 4.78 is 0.939. The van der Waals surface area contributed by atoms with Crippen LogP contribution >= 0.6 is 34.7 Å². The third-order valence-electron chi connectivity index (χ3n) is 1.65. The molecule has 0 N–H and O–H groups in total. The summed E-state index contributed by atoms with van der Waals surface area (Å²) in [4.78, 5) is 4.96. The van der Waals surface area contributed by atoms with Crippen molar-refractivity contribution >= 4 is 34.7 Å². The smallest absolute Gasteiger partial charge is 0.179 e. The van der Waals surface area contributed by atoms with Crippen LogP contribution in [0.25, 0.3) is 0 Å². The first-order chi connectivity index (χ1) is 7.28. The van der Waals surface area contributed by atoms with E-state index in [1.807, 2.05) is 12.1 Å². The molecule has 2 heterocycles. The lowest BCUT2D eigenvalue weighted by Gasteiger charge is -1.95. The van der Waals surface area contributed by atoms with Crippen LogP contribution in [0.1, 0.15) is 11.9 Å². The van der Waals surface area contributed by atoms with E-state index in [4.69, 9.17) is 11.6 Å². The Hall–Kier alpha value is -0.650. The maximum Gasteiger partial charge on any atom is 0.179 e. The molecule has 2 aromatic heterocycles. The standard InChI is InChI=1S/C9H8ClN3S2/c1-2-8-12-13-9(15-8)14-6-3-4-11-7(10)5-6/h3-5H,2H2,1H3. The van der Waals surface area contributed by atoms with Crippen LogP contribution in [-0.2, 0) is 6.42 Å². The Labute approximate surface area is 101 Å². The number of halogens is 1. The van der Waals surface area contributed by atoms with Gasteiger partial charge in [0.2, 0.25) is 0 Å². The second-order valence-electron chi connectivity index (χ2n) is 2.73. The van der Waals surface area contributed by atoms with Crippen molar-refractivity contribution in [3.63, 3.8) is 0 Å². The number of pyridine rings is 1. The summed E-state index contributed by atoms with van der Waals surface area (Å²) >= 11 is 8.96. The normalized spacial score (nSPS) is 10.5. The fourth-order valence-corrected chi connectivity index (χ4v) is 3.05. The van der Waals surface area contributed by atoms with Crippen LogP contribution in [-0.4, -0.2) is 15.2 Å². The number of nitrogens with zero attached hydrogens (tertiary/aromatic N) is 3. The molecule has 0 saturated carbocycles. The van der Waals surface area contributed by atoms with Crippen molar-refractivity contribution in [1.29, 1.82) is 0 Å². The molecule has 0 unspecified atom stereocenters. The second-order valence-corrected chi connectivity index (χ2v) is 5.50. The molecule has 2 rings (SSSR count). The van der Waals surface area contributed by atoms with Gasteiger partial charge in [-0.1, -0.05) is 41.6 Å². The Morgan fingerprint density at radius 2 is 2.33 bits per heavy atom. The predicted octanol–water partition coefficient (Wildman–Crippen LogP) is 3.30. The molecule has 0 atom stereocenters. The largest absolute Gasteiger partial charge is 0.244 e. The van der Waals surface area contributed by atoms with Gasteiger partial charge in [0.05, 0.1) is 0 Å². The fourth-order valence-electron chi connectivity index (χ4n) is 0.971. The molecule has 0 aliphatic rings. The second kappa shape index (κ2) is 4.92. The first-order valence-corrected chi connectivity index (χ1v) is 6.41. The fraction of sp³-hybridized carbons (Fsp3) is 0.222. The Morgan fingerprint density at radius 3 is 3.00 bits per heavy atom. The highest BCUT2D eigenvalue weighted by molar-refractivity contribution is 8.01. The molecule has 0 aliphatic heterocycles. The highest BCUT2D eigenvalue weighted by Gasteiger charge is 2.04. The van der Waals surface area contributed by atoms with Gasteiger partial charge in [-0.05, 0) is 18.6 Å². The van der Waals surface area contributed by atoms with Gasteiger partial charge in [0.25, 0.3) is 0 Å². The minimum Gasteiger partial charge on any atom is -0.244 e. The third kappa shape index (κ3) is 2.90. The van der Waals surface area contributed by atoms with Crippen molar-refractivity contribution in [2.24, 2.45) is 0 Å². The van der Waals surface area contributed by atoms with Crippen LogP contribution in [0.3, 0.4) is 0 Å². The van der Waals surface area contributed by atoms with Gasteiger partial charge in [-0.3, -0.25) is 0 Å². The highest BCUT2D eigenvalue weighted by atomic mass is 35.5. The first-order valence-electron chi connectivity index (χ1n) is 4.39. The third-order valence-corrected chi connectivity index (χ3v) is 3.97. The molecule has 3 nitrogen and oxygen atoms in total. The molecular weight excluding hydrogens is 250 g/mol. The van der Waals surface area contributed by atoms with Crippen LogP contribution in [0.2, 0.25) is 5.15 Å². The van der Waals surface area contributed by atoms with E-state index in [0.717, 1.165) is 20.7 Å². The van der Waals surface area contributed by atoms with Crippen molar-refractivity contribution in [2.75, 3.05) is 0 Å². The van der Waals surface area contributed by atoms with Crippen LogP contribution in [0.4, 0.5) is 0 Å². The summed E-state index contributed by atoms with van der Waals surface area (Å²) in [5.74, 6) is 0. The van der Waals surface area contributed by atoms with E-state index in [-0.39, 0.29) is 0 Å². The predicted molar refractivity (Wildman–Crippen MR) is 62.7 cm³/mol. The van der Waals surface area contributed by atoms with Crippen molar-refractivity contribution in [3.05, 3.63) is 28.5 Å². The quantitative estimate of drug-likeness (QED) is 0.791. The molecule has 0 radical (unpaired) electrons. The van der Waals surface area contributed by atoms with Gasteiger partial charge in [0, 0.05) is 11.1 Å². The van der Waals surface area contributed by atoms with E-state index in [9.17, 15) is 0 Å². The average molecular weight is 258 g/mol. The zero-order valence-corrected chi connectivity index (χ0v) is 10.4. The Kier molecular flexibility index (Phi) is 3.56. The van der Waals surface area contributed by atoms with Gasteiger partial charge in [0.1, 0.15) is 10.2 Å². The van der Waals surface area contributed by atoms with E-state index < -0.39 is 0 Å². The van der Waals surface area contributed by atoms with Crippen molar-refractivity contribution in [2.45, 2.75) is 22.6 Å². The maximum absolute atomic E-state index is 5.79. The molecule has 6 heteroatoms. The SMILES string of the molecule is CCc1nnc(Sc2ccnc(Cl)c2)s1. The van der Waals surface area contributed by atoms with Gasteiger partial charge < -0.3 is 0 Å². The number of hydrogen-bond donors (Lipinski definition) is 0. The lowest BCUT2D eigenvalue weighted by molar-refractivity contribution is 0.943. The number of hydrogen-bond acceptors (Lipinski definition) is 5. The van der Waals surface area contributed by atoms with Gasteiger partial charge >= 0.3 is 0 Å². The Balaban J connectivity index is 2.14. The average Bonchev–Trinajstić information content (AvgIpc) is 2.65. The first kappa shape index (κ1) is 10.9. The molecule has 0 saturated heterocycles. The summed E-state index contributed by atoms with van der Waals surface area (Å²) in [6.07, 6.45) is 2.61. The van der Waals surface area contributed by atoms with Gasteiger partial charge in [-0.15, -0.1) is 10.2 Å². The van der Waals surface area contributed by atoms with E-state index in [1.165, 1.54) is 0 Å². The maximum atomic E-state index is 5.79. The van der Waals surface area contributed by atoms with Crippen molar-refractivity contribution in [3.8, 4) is 0 Å². The van der Waals surface area contributed by atoms with Crippen LogP contribution < -0.4 is 0 Å². The number of aromatic nitrogens is 3. The minimum absolute atomic E-state index is 0.500. The number of aryl methyl sites for hydroxylation is 1. The molecule has 0 aliphatic carbocycles. The topological polar surface area (TPSA) is 38.7 Å². The summed E-state index contributed by atoms with van der Waals surface area (Å²) in [6, 6.07) is 3.73. The van der Waals surface area contributed by atoms with E-state index in [1.54, 1.807) is 29.3 Å². The van der Waals surface area contributed by atoms with Crippen LogP contribution in [0.15, 0.2) is 27.6 Å². The van der Waals surface area contributed by atoms with E-state index in [0.29, 0.717) is 5.15 Å². The zero-order chi connectivity index (χ0) is 10.7. The zero-order valence-electron chi connectivity index (χ0n) is 7.98. The van der Waals surface area contributed by atoms with Gasteiger partial charge in [-0.25, -0.2) is 4.98 Å². The van der Waals surface area contributed by atoms with E-state index >= 15 is 0 Å². The molecular formula is C9H8ClN3S2. The molecule has 0 amide bonds. The summed E-state index contributed by atoms with van der Waals surface area (Å²) in [6.45, 7) is 2.07. The summed E-state index contributed by atoms with van der Waals surface area (Å²) in [5, 5.41) is 9.69. The van der Waals surface area contributed by atoms with Gasteiger partial charge in [0.15, 0.2) is 4.34 Å². The van der Waals surface area contributed by atoms with Crippen molar-refractivity contribution in [1.82, 2.24) is 15.2 Å². The molecule has 0 aromatic carbocycles. The molecule has 0 spiro atoms. The lowest BCUT2D eigenvalue weighted by Crippen LogP contribution is -1.77. The van der Waals surface area contributed by atoms with Crippen molar-refractivity contribution < 1.29 is 0 Å². The highest BCUT2D eigenvalue weighted by Crippen LogP contribution is 2.30. The molecule has 2 aromatic rings. The summed E-state index contributed by atoms with van der Waals surface area (Å²) in [5.41, 5.74) is 0. The van der Waals surface area contributed by atoms with E-state index in [2.05, 4.69) is 22.1 Å². The molecule has 78 valence electrons. The monoisotopic (exact) mass is 257 g/mol. The van der Waals surface area contributed by atoms with Crippen LogP contribution in [0.5, 0.6) is 0 Å². The Morgan fingerprint density at radius 1 is 1.47 bits per heavy atom. The molecule has 0 bridgehead atoms. The molecule has 0 fully saturated rings.